The molecule has 110 valence electrons. The lowest BCUT2D eigenvalue weighted by molar-refractivity contribution is -0.169. The summed E-state index contributed by atoms with van der Waals surface area (Å²) in [7, 11) is 0. The summed E-state index contributed by atoms with van der Waals surface area (Å²) in [5, 5.41) is 9.81. The van der Waals surface area contributed by atoms with E-state index in [0.717, 1.165) is 6.42 Å². The summed E-state index contributed by atoms with van der Waals surface area (Å²) in [5.41, 5.74) is -1.11. The van der Waals surface area contributed by atoms with Crippen LogP contribution in [0.25, 0.3) is 0 Å². The lowest BCUT2D eigenvalue weighted by Crippen LogP contribution is -2.63. The van der Waals surface area contributed by atoms with Gasteiger partial charge in [-0.05, 0) is 44.4 Å². The van der Waals surface area contributed by atoms with Gasteiger partial charge in [0.1, 0.15) is 5.54 Å². The van der Waals surface area contributed by atoms with Crippen molar-refractivity contribution in [2.24, 2.45) is 11.3 Å². The number of carbonyl (C=O) groups is 2. The highest BCUT2D eigenvalue weighted by atomic mass is 16.4. The van der Waals surface area contributed by atoms with E-state index < -0.39 is 11.5 Å². The van der Waals surface area contributed by atoms with Crippen LogP contribution in [0.3, 0.4) is 0 Å². The van der Waals surface area contributed by atoms with Crippen molar-refractivity contribution in [2.75, 3.05) is 0 Å². The summed E-state index contributed by atoms with van der Waals surface area (Å²) in [4.78, 5) is 25.5. The van der Waals surface area contributed by atoms with Gasteiger partial charge in [0.15, 0.2) is 0 Å². The second-order valence-corrected chi connectivity index (χ2v) is 7.17. The summed E-state index contributed by atoms with van der Waals surface area (Å²) >= 11 is 0. The zero-order chi connectivity index (χ0) is 15.0. The molecule has 2 unspecified atom stereocenters. The summed E-state index contributed by atoms with van der Waals surface area (Å²) in [6, 6.07) is -0.102. The highest BCUT2D eigenvalue weighted by Gasteiger charge is 2.53. The molecule has 2 atom stereocenters. The van der Waals surface area contributed by atoms with Gasteiger partial charge in [-0.2, -0.15) is 0 Å². The first-order valence-corrected chi connectivity index (χ1v) is 7.05. The number of aliphatic carboxylic acids is 1. The molecular formula is C15H27NO3. The highest BCUT2D eigenvalue weighted by molar-refractivity contribution is 5.86. The zero-order valence-electron chi connectivity index (χ0n) is 13.0. The van der Waals surface area contributed by atoms with Crippen LogP contribution in [-0.2, 0) is 9.59 Å². The van der Waals surface area contributed by atoms with E-state index in [1.54, 1.807) is 4.90 Å². The first kappa shape index (κ1) is 16.0. The molecule has 4 nitrogen and oxygen atoms in total. The van der Waals surface area contributed by atoms with Crippen molar-refractivity contribution in [2.45, 2.75) is 72.4 Å². The Bertz CT molecular complexity index is 376. The van der Waals surface area contributed by atoms with Crippen LogP contribution in [0.5, 0.6) is 0 Å². The molecule has 4 heteroatoms. The summed E-state index contributed by atoms with van der Waals surface area (Å²) in [5.74, 6) is -0.709. The number of amides is 1. The number of rotatable bonds is 3. The molecule has 0 aromatic rings. The zero-order valence-corrected chi connectivity index (χ0v) is 13.0. The van der Waals surface area contributed by atoms with E-state index in [4.69, 9.17) is 0 Å². The molecule has 0 aromatic carbocycles. The molecule has 0 aromatic heterocycles. The van der Waals surface area contributed by atoms with E-state index in [-0.39, 0.29) is 17.4 Å². The minimum absolute atomic E-state index is 0.0569. The second kappa shape index (κ2) is 5.14. The highest BCUT2D eigenvalue weighted by Crippen LogP contribution is 2.47. The first-order chi connectivity index (χ1) is 8.52. The van der Waals surface area contributed by atoms with Crippen LogP contribution in [0.15, 0.2) is 0 Å². The average molecular weight is 269 g/mol. The number of carboxylic acids is 1. The quantitative estimate of drug-likeness (QED) is 0.857. The van der Waals surface area contributed by atoms with Gasteiger partial charge in [0, 0.05) is 13.0 Å². The molecule has 1 N–H and O–H groups in total. The number of hydrogen-bond acceptors (Lipinski definition) is 2. The Kier molecular flexibility index (Phi) is 4.33. The van der Waals surface area contributed by atoms with Crippen molar-refractivity contribution in [3.05, 3.63) is 0 Å². The molecule has 0 bridgehead atoms. The van der Waals surface area contributed by atoms with Gasteiger partial charge in [-0.25, -0.2) is 4.79 Å². The standard InChI is InChI=1S/C15H27NO3/c1-10(2)16(12(4)17)15(13(18)19)8-11(3)7-14(5,6)9-15/h10-11H,7-9H2,1-6H3,(H,18,19). The topological polar surface area (TPSA) is 57.6 Å². The predicted octanol–water partition coefficient (Wildman–Crippen LogP) is 2.91. The van der Waals surface area contributed by atoms with Gasteiger partial charge in [0.2, 0.25) is 5.91 Å². The summed E-state index contributed by atoms with van der Waals surface area (Å²) in [6.07, 6.45) is 2.08. The van der Waals surface area contributed by atoms with Crippen molar-refractivity contribution in [1.82, 2.24) is 4.90 Å². The Balaban J connectivity index is 3.30. The molecule has 0 heterocycles. The van der Waals surface area contributed by atoms with Gasteiger partial charge in [-0.15, -0.1) is 0 Å². The number of carboxylic acid groups (broad SMARTS) is 1. The van der Waals surface area contributed by atoms with Crippen LogP contribution in [0.4, 0.5) is 0 Å². The maximum atomic E-state index is 12.0. The fourth-order valence-electron chi connectivity index (χ4n) is 4.14. The summed E-state index contributed by atoms with van der Waals surface area (Å²) < 4.78 is 0. The van der Waals surface area contributed by atoms with Crippen LogP contribution in [0, 0.1) is 11.3 Å². The van der Waals surface area contributed by atoms with Gasteiger partial charge in [0.25, 0.3) is 0 Å². The third-order valence-corrected chi connectivity index (χ3v) is 4.07. The van der Waals surface area contributed by atoms with E-state index in [9.17, 15) is 14.7 Å². The van der Waals surface area contributed by atoms with Gasteiger partial charge >= 0.3 is 5.97 Å². The Morgan fingerprint density at radius 3 is 2.11 bits per heavy atom. The molecule has 1 aliphatic carbocycles. The molecular weight excluding hydrogens is 242 g/mol. The van der Waals surface area contributed by atoms with Crippen molar-refractivity contribution >= 4 is 11.9 Å². The van der Waals surface area contributed by atoms with Crippen LogP contribution in [-0.4, -0.2) is 33.5 Å². The Hall–Kier alpha value is -1.06. The van der Waals surface area contributed by atoms with E-state index in [0.29, 0.717) is 18.8 Å². The molecule has 1 saturated carbocycles. The number of carbonyl (C=O) groups excluding carboxylic acids is 1. The van der Waals surface area contributed by atoms with E-state index in [2.05, 4.69) is 20.8 Å². The SMILES string of the molecule is CC(=O)N(C(C)C)C1(C(=O)O)CC(C)CC(C)(C)C1. The smallest absolute Gasteiger partial charge is 0.329 e. The van der Waals surface area contributed by atoms with E-state index >= 15 is 0 Å². The Morgan fingerprint density at radius 2 is 1.79 bits per heavy atom. The van der Waals surface area contributed by atoms with Crippen LogP contribution < -0.4 is 0 Å². The maximum Gasteiger partial charge on any atom is 0.329 e. The third kappa shape index (κ3) is 3.10. The molecule has 1 aliphatic rings. The fourth-order valence-corrected chi connectivity index (χ4v) is 4.14. The normalized spacial score (nSPS) is 30.2. The summed E-state index contributed by atoms with van der Waals surface area (Å²) in [6.45, 7) is 11.5. The maximum absolute atomic E-state index is 12.0. The van der Waals surface area contributed by atoms with Gasteiger partial charge in [-0.3, -0.25) is 4.79 Å². The number of nitrogens with zero attached hydrogens (tertiary/aromatic N) is 1. The van der Waals surface area contributed by atoms with Crippen LogP contribution in [0.1, 0.15) is 60.8 Å². The molecule has 1 fully saturated rings. The third-order valence-electron chi connectivity index (χ3n) is 4.07. The Morgan fingerprint density at radius 1 is 1.26 bits per heavy atom. The van der Waals surface area contributed by atoms with Crippen molar-refractivity contribution < 1.29 is 14.7 Å². The molecule has 1 amide bonds. The van der Waals surface area contributed by atoms with Crippen molar-refractivity contribution in [3.8, 4) is 0 Å². The average Bonchev–Trinajstić information content (AvgIpc) is 2.11. The van der Waals surface area contributed by atoms with Crippen LogP contribution >= 0.6 is 0 Å². The number of hydrogen-bond donors (Lipinski definition) is 1. The van der Waals surface area contributed by atoms with Gasteiger partial charge in [-0.1, -0.05) is 20.8 Å². The van der Waals surface area contributed by atoms with Crippen molar-refractivity contribution in [3.63, 3.8) is 0 Å². The van der Waals surface area contributed by atoms with E-state index in [1.807, 2.05) is 13.8 Å². The molecule has 0 radical (unpaired) electrons. The fraction of sp³-hybridized carbons (Fsp3) is 0.867. The minimum Gasteiger partial charge on any atom is -0.479 e. The molecule has 0 spiro atoms. The lowest BCUT2D eigenvalue weighted by atomic mass is 9.63. The second-order valence-electron chi connectivity index (χ2n) is 7.17. The van der Waals surface area contributed by atoms with E-state index in [1.165, 1.54) is 6.92 Å². The Labute approximate surface area is 116 Å². The largest absolute Gasteiger partial charge is 0.479 e. The van der Waals surface area contributed by atoms with Crippen molar-refractivity contribution in [1.29, 1.82) is 0 Å². The van der Waals surface area contributed by atoms with Gasteiger partial charge < -0.3 is 10.0 Å². The molecule has 0 saturated heterocycles. The lowest BCUT2D eigenvalue weighted by Gasteiger charge is -2.51. The monoisotopic (exact) mass is 269 g/mol. The molecule has 1 rings (SSSR count). The predicted molar refractivity (Wildman–Crippen MR) is 74.8 cm³/mol. The first-order valence-electron chi connectivity index (χ1n) is 7.05. The molecule has 0 aliphatic heterocycles. The van der Waals surface area contributed by atoms with Gasteiger partial charge in [0.05, 0.1) is 0 Å². The van der Waals surface area contributed by atoms with Crippen LogP contribution in [0.2, 0.25) is 0 Å². The molecule has 19 heavy (non-hydrogen) atoms. The minimum atomic E-state index is -1.05.